The van der Waals surface area contributed by atoms with Crippen molar-refractivity contribution in [2.45, 2.75) is 81.4 Å². The summed E-state index contributed by atoms with van der Waals surface area (Å²) in [7, 11) is -2.85. The highest BCUT2D eigenvalue weighted by atomic mass is 32.2. The molecule has 1 heterocycles. The number of sulfonamides is 1. The van der Waals surface area contributed by atoms with E-state index in [-0.39, 0.29) is 18.0 Å². The number of hydrogen-bond donors (Lipinski definition) is 0. The number of fused-ring (bicyclic) bond motifs is 1. The number of esters is 1. The van der Waals surface area contributed by atoms with E-state index in [0.717, 1.165) is 35.0 Å². The van der Waals surface area contributed by atoms with Crippen molar-refractivity contribution in [2.24, 2.45) is 0 Å². The molecular weight excluding hydrogens is 483 g/mol. The predicted octanol–water partition coefficient (Wildman–Crippen LogP) is 4.60. The summed E-state index contributed by atoms with van der Waals surface area (Å²) in [6, 6.07) is 2.63. The second-order valence-electron chi connectivity index (χ2n) is 9.32. The van der Waals surface area contributed by atoms with E-state index in [1.807, 2.05) is 6.92 Å². The highest BCUT2D eigenvalue weighted by molar-refractivity contribution is 7.89. The zero-order valence-electron chi connectivity index (χ0n) is 20.1. The first-order valence-electron chi connectivity index (χ1n) is 11.8. The van der Waals surface area contributed by atoms with E-state index >= 15 is 0 Å². The first-order chi connectivity index (χ1) is 16.4. The topological polar surface area (TPSA) is 81.5 Å². The van der Waals surface area contributed by atoms with E-state index in [2.05, 4.69) is 5.10 Å². The van der Waals surface area contributed by atoms with Gasteiger partial charge in [0.05, 0.1) is 29.3 Å². The smallest absolute Gasteiger partial charge is 0.416 e. The molecule has 0 spiro atoms. The average molecular weight is 514 g/mol. The quantitative estimate of drug-likeness (QED) is 0.482. The summed E-state index contributed by atoms with van der Waals surface area (Å²) in [6.45, 7) is 3.77. The number of carbonyl (C=O) groups is 1. The minimum Gasteiger partial charge on any atom is -0.465 e. The van der Waals surface area contributed by atoms with Crippen molar-refractivity contribution in [2.75, 3.05) is 13.7 Å². The summed E-state index contributed by atoms with van der Waals surface area (Å²) in [5.74, 6) is -0.442. The largest absolute Gasteiger partial charge is 0.465 e. The molecule has 1 atom stereocenters. The Morgan fingerprint density at radius 1 is 1.26 bits per heavy atom. The van der Waals surface area contributed by atoms with Crippen LogP contribution in [0.25, 0.3) is 0 Å². The van der Waals surface area contributed by atoms with Crippen molar-refractivity contribution in [1.29, 1.82) is 0 Å². The van der Waals surface area contributed by atoms with Crippen molar-refractivity contribution in [3.8, 4) is 0 Å². The molecule has 192 valence electrons. The molecule has 0 N–H and O–H groups in total. The van der Waals surface area contributed by atoms with Gasteiger partial charge in [-0.25, -0.2) is 8.42 Å². The second-order valence-corrected chi connectivity index (χ2v) is 11.3. The first kappa shape index (κ1) is 25.7. The Hall–Kier alpha value is -2.40. The highest BCUT2D eigenvalue weighted by Crippen LogP contribution is 2.52. The van der Waals surface area contributed by atoms with Crippen LogP contribution in [0.2, 0.25) is 0 Å². The standard InChI is InChI=1S/C24H30F3N3O4S/c1-4-23(9-10-23)16-11-17(24(25,26)27)13-18(12-16)35(32,33)29(3)20-7-6-8-21-19(20)14-28-30(21)15-22(31)34-5-2/h11-14,20H,4-10,15H2,1-3H3/t20-/m1/s1. The minimum absolute atomic E-state index is 0.0809. The van der Waals surface area contributed by atoms with Gasteiger partial charge in [-0.3, -0.25) is 9.48 Å². The SMILES string of the molecule is CCOC(=O)Cn1ncc2c1CCC[C@H]2N(C)S(=O)(=O)c1cc(C(F)(F)F)cc(C2(CC)CC2)c1. The predicted molar refractivity (Wildman–Crippen MR) is 122 cm³/mol. The average Bonchev–Trinajstić information content (AvgIpc) is 3.52. The number of nitrogens with zero attached hydrogens (tertiary/aromatic N) is 3. The number of hydrogen-bond acceptors (Lipinski definition) is 5. The molecule has 1 saturated carbocycles. The molecule has 2 aliphatic rings. The Bertz CT molecular complexity index is 1220. The van der Waals surface area contributed by atoms with Gasteiger partial charge >= 0.3 is 12.1 Å². The van der Waals surface area contributed by atoms with Crippen LogP contribution in [0.15, 0.2) is 29.3 Å². The first-order valence-corrected chi connectivity index (χ1v) is 13.3. The van der Waals surface area contributed by atoms with Crippen LogP contribution in [-0.4, -0.2) is 42.1 Å². The van der Waals surface area contributed by atoms with Crippen molar-refractivity contribution >= 4 is 16.0 Å². The van der Waals surface area contributed by atoms with Gasteiger partial charge in [0.25, 0.3) is 0 Å². The van der Waals surface area contributed by atoms with Crippen LogP contribution in [0, 0.1) is 0 Å². The molecule has 0 saturated heterocycles. The summed E-state index contributed by atoms with van der Waals surface area (Å²) < 4.78 is 76.0. The van der Waals surface area contributed by atoms with E-state index < -0.39 is 39.2 Å². The van der Waals surface area contributed by atoms with Crippen molar-refractivity contribution in [1.82, 2.24) is 14.1 Å². The Morgan fingerprint density at radius 2 is 1.97 bits per heavy atom. The molecule has 4 rings (SSSR count). The molecule has 1 aromatic carbocycles. The third kappa shape index (κ3) is 4.84. The zero-order chi connectivity index (χ0) is 25.6. The number of ether oxygens (including phenoxy) is 1. The monoisotopic (exact) mass is 513 g/mol. The molecule has 0 bridgehead atoms. The van der Waals surface area contributed by atoms with Crippen LogP contribution >= 0.6 is 0 Å². The highest BCUT2D eigenvalue weighted by Gasteiger charge is 2.45. The lowest BCUT2D eigenvalue weighted by atomic mass is 9.92. The maximum Gasteiger partial charge on any atom is 0.416 e. The van der Waals surface area contributed by atoms with Gasteiger partial charge < -0.3 is 4.74 Å². The molecule has 2 aromatic rings. The summed E-state index contributed by atoms with van der Waals surface area (Å²) in [5.41, 5.74) is 0.479. The van der Waals surface area contributed by atoms with Gasteiger partial charge in [0.2, 0.25) is 10.0 Å². The fraction of sp³-hybridized carbons (Fsp3) is 0.583. The van der Waals surface area contributed by atoms with Crippen molar-refractivity contribution in [3.63, 3.8) is 0 Å². The number of benzene rings is 1. The van der Waals surface area contributed by atoms with E-state index in [4.69, 9.17) is 4.74 Å². The third-order valence-corrected chi connectivity index (χ3v) is 9.15. The van der Waals surface area contributed by atoms with Gasteiger partial charge in [0.1, 0.15) is 6.54 Å². The Morgan fingerprint density at radius 3 is 2.57 bits per heavy atom. The molecule has 7 nitrogen and oxygen atoms in total. The lowest BCUT2D eigenvalue weighted by Crippen LogP contribution is -2.34. The molecular formula is C24H30F3N3O4S. The Kier molecular flexibility index (Phi) is 6.78. The van der Waals surface area contributed by atoms with Crippen LogP contribution in [0.1, 0.15) is 74.4 Å². The molecule has 0 radical (unpaired) electrons. The molecule has 0 aliphatic heterocycles. The van der Waals surface area contributed by atoms with Crippen LogP contribution in [-0.2, 0) is 44.1 Å². The van der Waals surface area contributed by atoms with Crippen molar-refractivity contribution in [3.05, 3.63) is 46.8 Å². The Balaban J connectivity index is 1.70. The fourth-order valence-electron chi connectivity index (χ4n) is 4.99. The van der Waals surface area contributed by atoms with E-state index in [0.29, 0.717) is 36.8 Å². The van der Waals surface area contributed by atoms with Gasteiger partial charge in [-0.2, -0.15) is 22.6 Å². The normalized spacial score (nSPS) is 19.5. The van der Waals surface area contributed by atoms with Gasteiger partial charge in [-0.05, 0) is 74.6 Å². The zero-order valence-corrected chi connectivity index (χ0v) is 20.9. The summed E-state index contributed by atoms with van der Waals surface area (Å²) in [6.07, 6.45) is 0.781. The molecule has 2 aliphatic carbocycles. The van der Waals surface area contributed by atoms with Crippen LogP contribution in [0.3, 0.4) is 0 Å². The van der Waals surface area contributed by atoms with Gasteiger partial charge in [-0.15, -0.1) is 0 Å². The third-order valence-electron chi connectivity index (χ3n) is 7.31. The van der Waals surface area contributed by atoms with E-state index in [1.54, 1.807) is 6.92 Å². The van der Waals surface area contributed by atoms with E-state index in [9.17, 15) is 26.4 Å². The number of alkyl halides is 3. The van der Waals surface area contributed by atoms with Gasteiger partial charge in [-0.1, -0.05) is 6.92 Å². The molecule has 0 unspecified atom stereocenters. The molecule has 0 amide bonds. The lowest BCUT2D eigenvalue weighted by molar-refractivity contribution is -0.144. The summed E-state index contributed by atoms with van der Waals surface area (Å²) in [4.78, 5) is 11.6. The number of rotatable bonds is 8. The molecule has 1 fully saturated rings. The molecule has 11 heteroatoms. The lowest BCUT2D eigenvalue weighted by Gasteiger charge is -2.31. The van der Waals surface area contributed by atoms with Crippen LogP contribution in [0.5, 0.6) is 0 Å². The van der Waals surface area contributed by atoms with Crippen LogP contribution in [0.4, 0.5) is 13.2 Å². The summed E-state index contributed by atoms with van der Waals surface area (Å²) in [5, 5.41) is 4.27. The maximum absolute atomic E-state index is 13.7. The maximum atomic E-state index is 13.7. The number of carbonyl (C=O) groups excluding carboxylic acids is 1. The number of aromatic nitrogens is 2. The van der Waals surface area contributed by atoms with E-state index in [1.165, 1.54) is 24.0 Å². The Labute approximate surface area is 203 Å². The van der Waals surface area contributed by atoms with Gasteiger partial charge in [0.15, 0.2) is 0 Å². The molecule has 1 aromatic heterocycles. The number of halogens is 3. The minimum atomic E-state index is -4.66. The molecule has 35 heavy (non-hydrogen) atoms. The fourth-order valence-corrected chi connectivity index (χ4v) is 6.43. The van der Waals surface area contributed by atoms with Crippen molar-refractivity contribution < 1.29 is 31.1 Å². The van der Waals surface area contributed by atoms with Crippen LogP contribution < -0.4 is 0 Å². The summed E-state index contributed by atoms with van der Waals surface area (Å²) >= 11 is 0. The van der Waals surface area contributed by atoms with Gasteiger partial charge in [0, 0.05) is 18.3 Å². The second kappa shape index (κ2) is 9.24.